The fourth-order valence-electron chi connectivity index (χ4n) is 4.47. The molecule has 11 nitrogen and oxygen atoms in total. The predicted molar refractivity (Wildman–Crippen MR) is 138 cm³/mol. The SMILES string of the molecule is COC(=O)C[C@H](NC(=O)c1cccc(Cn2c3ccccc3c3cc(-c4nn[nH]n4)ccc32)c1)C(=O)OC. The summed E-state index contributed by atoms with van der Waals surface area (Å²) in [4.78, 5) is 36.8. The molecule has 3 aromatic carbocycles. The minimum absolute atomic E-state index is 0.332. The Morgan fingerprint density at radius 2 is 1.76 bits per heavy atom. The first kappa shape index (κ1) is 24.6. The number of aromatic amines is 1. The second kappa shape index (κ2) is 10.5. The third-order valence-electron chi connectivity index (χ3n) is 6.30. The molecule has 0 saturated carbocycles. The van der Waals surface area contributed by atoms with Crippen LogP contribution in [-0.2, 0) is 25.6 Å². The van der Waals surface area contributed by atoms with Gasteiger partial charge in [0.05, 0.1) is 20.6 Å². The number of tetrazole rings is 1. The first-order valence-corrected chi connectivity index (χ1v) is 11.8. The molecule has 0 aliphatic heterocycles. The molecule has 0 saturated heterocycles. The molecule has 38 heavy (non-hydrogen) atoms. The van der Waals surface area contributed by atoms with Gasteiger partial charge >= 0.3 is 11.9 Å². The van der Waals surface area contributed by atoms with Crippen LogP contribution in [0.1, 0.15) is 22.3 Å². The largest absolute Gasteiger partial charge is 0.469 e. The van der Waals surface area contributed by atoms with Gasteiger partial charge in [-0.1, -0.05) is 30.3 Å². The minimum Gasteiger partial charge on any atom is -0.469 e. The van der Waals surface area contributed by atoms with Crippen molar-refractivity contribution in [2.75, 3.05) is 14.2 Å². The third-order valence-corrected chi connectivity index (χ3v) is 6.30. The fraction of sp³-hybridized carbons (Fsp3) is 0.185. The molecule has 0 bridgehead atoms. The fourth-order valence-corrected chi connectivity index (χ4v) is 4.47. The maximum atomic E-state index is 13.0. The lowest BCUT2D eigenvalue weighted by atomic mass is 10.1. The van der Waals surface area contributed by atoms with Crippen LogP contribution in [0.25, 0.3) is 33.2 Å². The van der Waals surface area contributed by atoms with Gasteiger partial charge in [-0.3, -0.25) is 9.59 Å². The molecular formula is C27H24N6O5. The monoisotopic (exact) mass is 512 g/mol. The lowest BCUT2D eigenvalue weighted by Crippen LogP contribution is -2.43. The zero-order chi connectivity index (χ0) is 26.6. The summed E-state index contributed by atoms with van der Waals surface area (Å²) in [6.45, 7) is 0.495. The number of benzene rings is 3. The Hall–Kier alpha value is -5.06. The molecule has 0 aliphatic rings. The number of hydrogen-bond donors (Lipinski definition) is 2. The number of amides is 1. The Labute approximate surface area is 216 Å². The van der Waals surface area contributed by atoms with E-state index in [1.54, 1.807) is 18.2 Å². The summed E-state index contributed by atoms with van der Waals surface area (Å²) in [5, 5.41) is 19.0. The number of para-hydroxylation sites is 1. The van der Waals surface area contributed by atoms with Crippen molar-refractivity contribution in [1.29, 1.82) is 0 Å². The number of esters is 2. The number of nitrogens with zero attached hydrogens (tertiary/aromatic N) is 4. The number of carbonyl (C=O) groups excluding carboxylic acids is 3. The van der Waals surface area contributed by atoms with Gasteiger partial charge in [0.2, 0.25) is 5.82 Å². The highest BCUT2D eigenvalue weighted by atomic mass is 16.5. The standard InChI is InChI=1S/C27H24N6O5/c1-37-24(34)14-21(27(36)38-2)28-26(35)18-7-5-6-16(12-18)15-33-22-9-4-3-8-19(22)20-13-17(10-11-23(20)33)25-29-31-32-30-25/h3-13,21H,14-15H2,1-2H3,(H,28,35)(H,29,30,31,32)/t21-/m0/s1. The quantitative estimate of drug-likeness (QED) is 0.302. The van der Waals surface area contributed by atoms with Crippen molar-refractivity contribution in [2.45, 2.75) is 19.0 Å². The van der Waals surface area contributed by atoms with Crippen LogP contribution in [0.5, 0.6) is 0 Å². The lowest BCUT2D eigenvalue weighted by molar-refractivity contribution is -0.149. The number of nitrogens with one attached hydrogen (secondary N) is 2. The maximum Gasteiger partial charge on any atom is 0.328 e. The van der Waals surface area contributed by atoms with Gasteiger partial charge in [0, 0.05) is 39.5 Å². The van der Waals surface area contributed by atoms with Gasteiger partial charge in [-0.15, -0.1) is 10.2 Å². The van der Waals surface area contributed by atoms with E-state index in [0.717, 1.165) is 32.9 Å². The van der Waals surface area contributed by atoms with Crippen molar-refractivity contribution >= 4 is 39.7 Å². The van der Waals surface area contributed by atoms with Gasteiger partial charge in [-0.05, 0) is 47.2 Å². The number of aromatic nitrogens is 5. The van der Waals surface area contributed by atoms with Gasteiger partial charge in [0.25, 0.3) is 5.91 Å². The summed E-state index contributed by atoms with van der Waals surface area (Å²) in [5.41, 5.74) is 4.12. The number of rotatable bonds is 8. The molecule has 2 N–H and O–H groups in total. The summed E-state index contributed by atoms with van der Waals surface area (Å²) in [6, 6.07) is 20.0. The van der Waals surface area contributed by atoms with E-state index in [1.165, 1.54) is 14.2 Å². The predicted octanol–water partition coefficient (Wildman–Crippen LogP) is 2.86. The highest BCUT2D eigenvalue weighted by molar-refractivity contribution is 6.09. The third kappa shape index (κ3) is 4.81. The van der Waals surface area contributed by atoms with E-state index in [1.807, 2.05) is 42.5 Å². The van der Waals surface area contributed by atoms with Crippen molar-refractivity contribution < 1.29 is 23.9 Å². The van der Waals surface area contributed by atoms with Crippen LogP contribution in [0.2, 0.25) is 0 Å². The normalized spacial score (nSPS) is 11.8. The molecule has 0 spiro atoms. The number of carbonyl (C=O) groups is 3. The first-order valence-electron chi connectivity index (χ1n) is 11.8. The Balaban J connectivity index is 1.46. The average molecular weight is 513 g/mol. The second-order valence-electron chi connectivity index (χ2n) is 8.60. The molecule has 0 aliphatic carbocycles. The number of methoxy groups -OCH3 is 2. The number of fused-ring (bicyclic) bond motifs is 3. The zero-order valence-corrected chi connectivity index (χ0v) is 20.7. The highest BCUT2D eigenvalue weighted by Gasteiger charge is 2.25. The van der Waals surface area contributed by atoms with E-state index in [2.05, 4.69) is 41.3 Å². The van der Waals surface area contributed by atoms with Gasteiger partial charge in [0.15, 0.2) is 0 Å². The first-order chi connectivity index (χ1) is 18.5. The number of H-pyrrole nitrogens is 1. The van der Waals surface area contributed by atoms with Gasteiger partial charge in [-0.2, -0.15) is 5.21 Å². The Kier molecular flexibility index (Phi) is 6.81. The van der Waals surface area contributed by atoms with E-state index >= 15 is 0 Å². The van der Waals surface area contributed by atoms with Gasteiger partial charge in [0.1, 0.15) is 6.04 Å². The van der Waals surface area contributed by atoms with Crippen LogP contribution in [-0.4, -0.2) is 63.3 Å². The number of ether oxygens (including phenoxy) is 2. The number of hydrogen-bond acceptors (Lipinski definition) is 8. The molecule has 1 atom stereocenters. The van der Waals surface area contributed by atoms with E-state index < -0.39 is 23.9 Å². The summed E-state index contributed by atoms with van der Waals surface area (Å²) >= 11 is 0. The Bertz CT molecular complexity index is 1640. The highest BCUT2D eigenvalue weighted by Crippen LogP contribution is 2.32. The maximum absolute atomic E-state index is 13.0. The molecule has 2 aromatic heterocycles. The molecule has 0 fully saturated rings. The topological polar surface area (TPSA) is 141 Å². The van der Waals surface area contributed by atoms with Crippen molar-refractivity contribution in [3.63, 3.8) is 0 Å². The summed E-state index contributed by atoms with van der Waals surface area (Å²) in [6.07, 6.45) is -0.332. The van der Waals surface area contributed by atoms with Crippen LogP contribution >= 0.6 is 0 Å². The lowest BCUT2D eigenvalue weighted by Gasteiger charge is -2.16. The van der Waals surface area contributed by atoms with Crippen molar-refractivity contribution in [3.05, 3.63) is 77.9 Å². The summed E-state index contributed by atoms with van der Waals surface area (Å²) in [7, 11) is 2.40. The van der Waals surface area contributed by atoms with E-state index in [4.69, 9.17) is 4.74 Å². The van der Waals surface area contributed by atoms with E-state index in [0.29, 0.717) is 17.9 Å². The van der Waals surface area contributed by atoms with Crippen LogP contribution in [0.4, 0.5) is 0 Å². The Morgan fingerprint density at radius 1 is 0.947 bits per heavy atom. The molecular weight excluding hydrogens is 488 g/mol. The molecule has 5 aromatic rings. The van der Waals surface area contributed by atoms with Crippen LogP contribution in [0.15, 0.2) is 66.7 Å². The van der Waals surface area contributed by atoms with Gasteiger partial charge in [-0.25, -0.2) is 4.79 Å². The van der Waals surface area contributed by atoms with E-state index in [9.17, 15) is 14.4 Å². The molecule has 1 amide bonds. The molecule has 5 rings (SSSR count). The second-order valence-corrected chi connectivity index (χ2v) is 8.60. The van der Waals surface area contributed by atoms with Crippen molar-refractivity contribution in [2.24, 2.45) is 0 Å². The summed E-state index contributed by atoms with van der Waals surface area (Å²) < 4.78 is 11.5. The zero-order valence-electron chi connectivity index (χ0n) is 20.7. The van der Waals surface area contributed by atoms with E-state index in [-0.39, 0.29) is 6.42 Å². The van der Waals surface area contributed by atoms with Crippen LogP contribution < -0.4 is 5.32 Å². The van der Waals surface area contributed by atoms with Crippen LogP contribution in [0.3, 0.4) is 0 Å². The molecule has 11 heteroatoms. The van der Waals surface area contributed by atoms with Crippen molar-refractivity contribution in [3.8, 4) is 11.4 Å². The average Bonchev–Trinajstić information content (AvgIpc) is 3.59. The minimum atomic E-state index is -1.16. The van der Waals surface area contributed by atoms with Gasteiger partial charge < -0.3 is 19.4 Å². The molecule has 192 valence electrons. The van der Waals surface area contributed by atoms with Crippen LogP contribution in [0, 0.1) is 0 Å². The smallest absolute Gasteiger partial charge is 0.328 e. The van der Waals surface area contributed by atoms with Crippen molar-refractivity contribution in [1.82, 2.24) is 30.5 Å². The molecule has 0 radical (unpaired) electrons. The Morgan fingerprint density at radius 3 is 2.53 bits per heavy atom. The molecule has 0 unspecified atom stereocenters. The summed E-state index contributed by atoms with van der Waals surface area (Å²) in [5.74, 6) is -1.35. The molecule has 2 heterocycles.